The molecule has 0 radical (unpaired) electrons. The van der Waals surface area contributed by atoms with Crippen LogP contribution in [0, 0.1) is 17.2 Å². The molecule has 5 nitrogen and oxygen atoms in total. The van der Waals surface area contributed by atoms with Crippen molar-refractivity contribution in [2.45, 2.75) is 18.9 Å². The van der Waals surface area contributed by atoms with Gasteiger partial charge in [0, 0.05) is 25.3 Å². The molecule has 2 heterocycles. The minimum atomic E-state index is 0.0531. The van der Waals surface area contributed by atoms with Crippen LogP contribution in [0.5, 0.6) is 0 Å². The molecule has 1 N–H and O–H groups in total. The van der Waals surface area contributed by atoms with Gasteiger partial charge < -0.3 is 10.2 Å². The molecule has 1 aliphatic heterocycles. The zero-order valence-electron chi connectivity index (χ0n) is 9.97. The summed E-state index contributed by atoms with van der Waals surface area (Å²) in [6.07, 6.45) is 3.84. The topological polar surface area (TPSA) is 69.0 Å². The molecule has 18 heavy (non-hydrogen) atoms. The number of anilines is 1. The molecule has 1 aromatic heterocycles. The first-order valence-electron chi connectivity index (χ1n) is 6.18. The number of amides is 1. The highest BCUT2D eigenvalue weighted by atomic mass is 16.2. The maximum Gasteiger partial charge on any atom is 0.226 e. The fourth-order valence-electron chi connectivity index (χ4n) is 2.13. The SMILES string of the molecule is N#Cc1ncccc1N1CC(C(=O)NC2CC2)C1. The molecule has 3 rings (SSSR count). The van der Waals surface area contributed by atoms with Gasteiger partial charge >= 0.3 is 0 Å². The Morgan fingerprint density at radius 1 is 1.50 bits per heavy atom. The Kier molecular flexibility index (Phi) is 2.63. The fraction of sp³-hybridized carbons (Fsp3) is 0.462. The Morgan fingerprint density at radius 3 is 2.94 bits per heavy atom. The van der Waals surface area contributed by atoms with E-state index in [2.05, 4.69) is 16.4 Å². The van der Waals surface area contributed by atoms with Gasteiger partial charge in [-0.05, 0) is 25.0 Å². The van der Waals surface area contributed by atoms with Gasteiger partial charge in [0.25, 0.3) is 0 Å². The van der Waals surface area contributed by atoms with Crippen molar-refractivity contribution < 1.29 is 4.79 Å². The van der Waals surface area contributed by atoms with E-state index in [-0.39, 0.29) is 11.8 Å². The van der Waals surface area contributed by atoms with E-state index in [1.54, 1.807) is 6.20 Å². The summed E-state index contributed by atoms with van der Waals surface area (Å²) in [4.78, 5) is 17.8. The van der Waals surface area contributed by atoms with Gasteiger partial charge in [-0.3, -0.25) is 4.79 Å². The molecule has 1 saturated heterocycles. The first kappa shape index (κ1) is 11.0. The van der Waals surface area contributed by atoms with Gasteiger partial charge in [-0.15, -0.1) is 0 Å². The standard InChI is InChI=1S/C13H14N4O/c14-6-11-12(2-1-5-15-11)17-7-9(8-17)13(18)16-10-3-4-10/h1-2,5,9-10H,3-4,7-8H2,(H,16,18). The molecule has 1 aliphatic carbocycles. The van der Waals surface area contributed by atoms with Gasteiger partial charge in [0.1, 0.15) is 6.07 Å². The Hall–Kier alpha value is -2.09. The number of hydrogen-bond acceptors (Lipinski definition) is 4. The van der Waals surface area contributed by atoms with E-state index in [0.29, 0.717) is 24.8 Å². The summed E-state index contributed by atoms with van der Waals surface area (Å²) in [5.41, 5.74) is 1.26. The largest absolute Gasteiger partial charge is 0.367 e. The molecule has 1 aromatic rings. The number of rotatable bonds is 3. The monoisotopic (exact) mass is 242 g/mol. The van der Waals surface area contributed by atoms with Crippen LogP contribution in [0.1, 0.15) is 18.5 Å². The van der Waals surface area contributed by atoms with Crippen LogP contribution in [0.4, 0.5) is 5.69 Å². The molecule has 0 atom stereocenters. The number of nitriles is 1. The second-order valence-corrected chi connectivity index (χ2v) is 4.87. The van der Waals surface area contributed by atoms with Crippen LogP contribution in [0.25, 0.3) is 0 Å². The number of nitrogens with zero attached hydrogens (tertiary/aromatic N) is 3. The lowest BCUT2D eigenvalue weighted by atomic mass is 9.98. The molecule has 2 aliphatic rings. The molecule has 0 unspecified atom stereocenters. The molecule has 0 bridgehead atoms. The second kappa shape index (κ2) is 4.30. The van der Waals surface area contributed by atoms with Crippen molar-refractivity contribution in [3.05, 3.63) is 24.0 Å². The summed E-state index contributed by atoms with van der Waals surface area (Å²) < 4.78 is 0. The van der Waals surface area contributed by atoms with E-state index in [1.165, 1.54) is 0 Å². The molecule has 92 valence electrons. The summed E-state index contributed by atoms with van der Waals surface area (Å²) in [5, 5.41) is 12.0. The Labute approximate surface area is 105 Å². The Balaban J connectivity index is 1.61. The van der Waals surface area contributed by atoms with Gasteiger partial charge in [0.15, 0.2) is 5.69 Å². The first-order chi connectivity index (χ1) is 8.78. The predicted octanol–water partition coefficient (Wildman–Crippen LogP) is 0.668. The second-order valence-electron chi connectivity index (χ2n) is 4.87. The third-order valence-corrected chi connectivity index (χ3v) is 3.41. The highest BCUT2D eigenvalue weighted by molar-refractivity contribution is 5.82. The lowest BCUT2D eigenvalue weighted by Crippen LogP contribution is -2.54. The third-order valence-electron chi connectivity index (χ3n) is 3.41. The van der Waals surface area contributed by atoms with Crippen molar-refractivity contribution >= 4 is 11.6 Å². The number of pyridine rings is 1. The minimum absolute atomic E-state index is 0.0531. The quantitative estimate of drug-likeness (QED) is 0.845. The maximum absolute atomic E-state index is 11.8. The smallest absolute Gasteiger partial charge is 0.226 e. The maximum atomic E-state index is 11.8. The number of aromatic nitrogens is 1. The summed E-state index contributed by atoms with van der Waals surface area (Å²) >= 11 is 0. The van der Waals surface area contributed by atoms with Crippen molar-refractivity contribution in [1.29, 1.82) is 5.26 Å². The van der Waals surface area contributed by atoms with E-state index in [4.69, 9.17) is 5.26 Å². The van der Waals surface area contributed by atoms with Crippen LogP contribution in [0.2, 0.25) is 0 Å². The van der Waals surface area contributed by atoms with Crippen molar-refractivity contribution in [2.24, 2.45) is 5.92 Å². The Morgan fingerprint density at radius 2 is 2.28 bits per heavy atom. The predicted molar refractivity (Wildman–Crippen MR) is 65.8 cm³/mol. The van der Waals surface area contributed by atoms with Crippen LogP contribution in [0.15, 0.2) is 18.3 Å². The van der Waals surface area contributed by atoms with E-state index in [1.807, 2.05) is 17.0 Å². The van der Waals surface area contributed by atoms with Gasteiger partial charge in [0.05, 0.1) is 11.6 Å². The molecule has 0 aromatic carbocycles. The number of carbonyl (C=O) groups is 1. The van der Waals surface area contributed by atoms with Crippen LogP contribution in [-0.2, 0) is 4.79 Å². The molecule has 5 heteroatoms. The van der Waals surface area contributed by atoms with Crippen LogP contribution in [-0.4, -0.2) is 30.0 Å². The third kappa shape index (κ3) is 2.02. The van der Waals surface area contributed by atoms with Crippen molar-refractivity contribution in [1.82, 2.24) is 10.3 Å². The summed E-state index contributed by atoms with van der Waals surface area (Å²) in [6, 6.07) is 6.18. The average molecular weight is 242 g/mol. The minimum Gasteiger partial charge on any atom is -0.367 e. The lowest BCUT2D eigenvalue weighted by molar-refractivity contribution is -0.125. The number of carbonyl (C=O) groups excluding carboxylic acids is 1. The van der Waals surface area contributed by atoms with E-state index >= 15 is 0 Å². The van der Waals surface area contributed by atoms with Crippen molar-refractivity contribution in [3.63, 3.8) is 0 Å². The molecule has 1 saturated carbocycles. The lowest BCUT2D eigenvalue weighted by Gasteiger charge is -2.40. The zero-order chi connectivity index (χ0) is 12.5. The summed E-state index contributed by atoms with van der Waals surface area (Å²) in [6.45, 7) is 1.36. The highest BCUT2D eigenvalue weighted by Gasteiger charge is 2.36. The molecule has 0 spiro atoms. The van der Waals surface area contributed by atoms with Crippen LogP contribution in [0.3, 0.4) is 0 Å². The van der Waals surface area contributed by atoms with Gasteiger partial charge in [0.2, 0.25) is 5.91 Å². The normalized spacial score (nSPS) is 18.9. The first-order valence-corrected chi connectivity index (χ1v) is 6.18. The van der Waals surface area contributed by atoms with Gasteiger partial charge in [-0.1, -0.05) is 0 Å². The zero-order valence-corrected chi connectivity index (χ0v) is 9.97. The molecule has 1 amide bonds. The Bertz CT molecular complexity index is 512. The van der Waals surface area contributed by atoms with Gasteiger partial charge in [-0.2, -0.15) is 5.26 Å². The highest BCUT2D eigenvalue weighted by Crippen LogP contribution is 2.27. The van der Waals surface area contributed by atoms with Gasteiger partial charge in [-0.25, -0.2) is 4.98 Å². The molecular weight excluding hydrogens is 228 g/mol. The van der Waals surface area contributed by atoms with E-state index < -0.39 is 0 Å². The number of hydrogen-bond donors (Lipinski definition) is 1. The van der Waals surface area contributed by atoms with Crippen LogP contribution >= 0.6 is 0 Å². The van der Waals surface area contributed by atoms with Crippen molar-refractivity contribution in [2.75, 3.05) is 18.0 Å². The molecular formula is C13H14N4O. The van der Waals surface area contributed by atoms with Crippen LogP contribution < -0.4 is 10.2 Å². The number of nitrogens with one attached hydrogen (secondary N) is 1. The molecule has 2 fully saturated rings. The summed E-state index contributed by atoms with van der Waals surface area (Å²) in [7, 11) is 0. The van der Waals surface area contributed by atoms with Crippen molar-refractivity contribution in [3.8, 4) is 6.07 Å². The van der Waals surface area contributed by atoms with E-state index in [0.717, 1.165) is 18.5 Å². The van der Waals surface area contributed by atoms with E-state index in [9.17, 15) is 4.79 Å². The fourth-order valence-corrected chi connectivity index (χ4v) is 2.13. The summed E-state index contributed by atoms with van der Waals surface area (Å²) in [5.74, 6) is 0.202. The average Bonchev–Trinajstić information content (AvgIpc) is 3.11.